The van der Waals surface area contributed by atoms with Gasteiger partial charge in [-0.1, -0.05) is 42.8 Å². The molecule has 2 nitrogen and oxygen atoms in total. The molecule has 0 aromatic heterocycles. The summed E-state index contributed by atoms with van der Waals surface area (Å²) in [7, 11) is 0. The second kappa shape index (κ2) is 6.94. The van der Waals surface area contributed by atoms with E-state index in [1.807, 2.05) is 60.7 Å². The number of hydrogen-bond acceptors (Lipinski definition) is 2. The van der Waals surface area contributed by atoms with Gasteiger partial charge in [0.25, 0.3) is 0 Å². The van der Waals surface area contributed by atoms with Gasteiger partial charge in [0.05, 0.1) is 0 Å². The standard InChI is InChI=1S/C23H21NO/c25-23(18-8-7-9-18)19-14-16-22(17-15-19)24(20-10-3-1-4-11-20)21-12-5-2-6-13-21/h1-6,10-18H,7-9H2. The monoisotopic (exact) mass is 327 g/mol. The molecule has 1 saturated carbocycles. The highest BCUT2D eigenvalue weighted by Gasteiger charge is 2.26. The summed E-state index contributed by atoms with van der Waals surface area (Å²) in [5.41, 5.74) is 4.09. The summed E-state index contributed by atoms with van der Waals surface area (Å²) in [4.78, 5) is 14.6. The van der Waals surface area contributed by atoms with Crippen LogP contribution in [0.5, 0.6) is 0 Å². The van der Waals surface area contributed by atoms with Gasteiger partial charge in [0.15, 0.2) is 5.78 Å². The third kappa shape index (κ3) is 3.20. The van der Waals surface area contributed by atoms with Crippen LogP contribution in [-0.2, 0) is 0 Å². The fraction of sp³-hybridized carbons (Fsp3) is 0.174. The zero-order chi connectivity index (χ0) is 17.1. The number of carbonyl (C=O) groups excluding carboxylic acids is 1. The highest BCUT2D eigenvalue weighted by molar-refractivity contribution is 5.98. The van der Waals surface area contributed by atoms with Crippen molar-refractivity contribution in [1.29, 1.82) is 0 Å². The van der Waals surface area contributed by atoms with E-state index in [1.54, 1.807) is 0 Å². The Morgan fingerprint density at radius 2 is 1.16 bits per heavy atom. The lowest BCUT2D eigenvalue weighted by molar-refractivity contribution is 0.0855. The molecule has 0 saturated heterocycles. The Labute approximate surface area is 148 Å². The molecule has 0 unspecified atom stereocenters. The molecule has 0 spiro atoms. The van der Waals surface area contributed by atoms with Gasteiger partial charge in [-0.25, -0.2) is 0 Å². The Morgan fingerprint density at radius 1 is 0.680 bits per heavy atom. The highest BCUT2D eigenvalue weighted by Crippen LogP contribution is 2.35. The fourth-order valence-electron chi connectivity index (χ4n) is 3.28. The van der Waals surface area contributed by atoms with Crippen molar-refractivity contribution < 1.29 is 4.79 Å². The molecule has 3 aromatic rings. The van der Waals surface area contributed by atoms with Gasteiger partial charge in [0.1, 0.15) is 0 Å². The van der Waals surface area contributed by atoms with E-state index in [0.717, 1.165) is 35.5 Å². The number of nitrogens with zero attached hydrogens (tertiary/aromatic N) is 1. The van der Waals surface area contributed by atoms with Crippen molar-refractivity contribution in [2.75, 3.05) is 4.90 Å². The van der Waals surface area contributed by atoms with Crippen LogP contribution in [0.25, 0.3) is 0 Å². The first-order valence-corrected chi connectivity index (χ1v) is 8.87. The number of Topliss-reactive ketones (excluding diaryl/α,β-unsaturated/α-hetero) is 1. The van der Waals surface area contributed by atoms with E-state index in [-0.39, 0.29) is 5.92 Å². The SMILES string of the molecule is O=C(c1ccc(N(c2ccccc2)c2ccccc2)cc1)C1CCC1. The van der Waals surface area contributed by atoms with Crippen LogP contribution in [-0.4, -0.2) is 5.78 Å². The predicted octanol–water partition coefficient (Wildman–Crippen LogP) is 6.14. The number of hydrogen-bond donors (Lipinski definition) is 0. The van der Waals surface area contributed by atoms with Crippen molar-refractivity contribution in [1.82, 2.24) is 0 Å². The third-order valence-electron chi connectivity index (χ3n) is 4.91. The molecule has 1 aliphatic rings. The quantitative estimate of drug-likeness (QED) is 0.525. The molecule has 124 valence electrons. The maximum absolute atomic E-state index is 12.4. The third-order valence-corrected chi connectivity index (χ3v) is 4.91. The lowest BCUT2D eigenvalue weighted by Gasteiger charge is -2.26. The van der Waals surface area contributed by atoms with Crippen LogP contribution in [0.4, 0.5) is 17.1 Å². The van der Waals surface area contributed by atoms with Crippen LogP contribution in [0.1, 0.15) is 29.6 Å². The van der Waals surface area contributed by atoms with E-state index in [9.17, 15) is 4.79 Å². The van der Waals surface area contributed by atoms with Crippen molar-refractivity contribution in [3.63, 3.8) is 0 Å². The number of carbonyl (C=O) groups is 1. The topological polar surface area (TPSA) is 20.3 Å². The molecule has 0 heterocycles. The van der Waals surface area contributed by atoms with Gasteiger partial charge in [-0.2, -0.15) is 0 Å². The molecule has 0 bridgehead atoms. The number of para-hydroxylation sites is 2. The van der Waals surface area contributed by atoms with Gasteiger partial charge in [0, 0.05) is 28.5 Å². The van der Waals surface area contributed by atoms with Gasteiger partial charge < -0.3 is 4.90 Å². The summed E-state index contributed by atoms with van der Waals surface area (Å²) in [5.74, 6) is 0.536. The number of rotatable bonds is 5. The Kier molecular flexibility index (Phi) is 4.34. The number of ketones is 1. The molecule has 1 fully saturated rings. The van der Waals surface area contributed by atoms with Crippen LogP contribution in [0, 0.1) is 5.92 Å². The maximum Gasteiger partial charge on any atom is 0.165 e. The molecule has 3 aromatic carbocycles. The molecule has 0 N–H and O–H groups in total. The lowest BCUT2D eigenvalue weighted by atomic mass is 9.80. The zero-order valence-corrected chi connectivity index (χ0v) is 14.1. The molecule has 0 atom stereocenters. The van der Waals surface area contributed by atoms with Gasteiger partial charge >= 0.3 is 0 Å². The molecule has 1 aliphatic carbocycles. The van der Waals surface area contributed by atoms with E-state index in [4.69, 9.17) is 0 Å². The Hall–Kier alpha value is -2.87. The number of benzene rings is 3. The summed E-state index contributed by atoms with van der Waals surface area (Å²) < 4.78 is 0. The minimum Gasteiger partial charge on any atom is -0.311 e. The van der Waals surface area contributed by atoms with Gasteiger partial charge in [-0.3, -0.25) is 4.79 Å². The molecular weight excluding hydrogens is 306 g/mol. The summed E-state index contributed by atoms with van der Waals surface area (Å²) in [6, 6.07) is 28.6. The average Bonchev–Trinajstić information content (AvgIpc) is 2.63. The second-order valence-electron chi connectivity index (χ2n) is 6.55. The van der Waals surface area contributed by atoms with Crippen molar-refractivity contribution in [2.45, 2.75) is 19.3 Å². The van der Waals surface area contributed by atoms with E-state index >= 15 is 0 Å². The van der Waals surface area contributed by atoms with Crippen LogP contribution in [0.2, 0.25) is 0 Å². The summed E-state index contributed by atoms with van der Waals surface area (Å²) in [6.45, 7) is 0. The van der Waals surface area contributed by atoms with Gasteiger partial charge in [0.2, 0.25) is 0 Å². The second-order valence-corrected chi connectivity index (χ2v) is 6.55. The minimum atomic E-state index is 0.241. The van der Waals surface area contributed by atoms with Crippen LogP contribution < -0.4 is 4.90 Å². The minimum absolute atomic E-state index is 0.241. The zero-order valence-electron chi connectivity index (χ0n) is 14.1. The molecule has 4 rings (SSSR count). The normalized spacial score (nSPS) is 13.9. The fourth-order valence-corrected chi connectivity index (χ4v) is 3.28. The smallest absolute Gasteiger partial charge is 0.165 e. The van der Waals surface area contributed by atoms with Crippen LogP contribution in [0.15, 0.2) is 84.9 Å². The van der Waals surface area contributed by atoms with E-state index < -0.39 is 0 Å². The van der Waals surface area contributed by atoms with E-state index in [2.05, 4.69) is 29.2 Å². The molecule has 0 aliphatic heterocycles. The van der Waals surface area contributed by atoms with Crippen LogP contribution in [0.3, 0.4) is 0 Å². The molecule has 0 radical (unpaired) electrons. The largest absolute Gasteiger partial charge is 0.311 e. The first-order valence-electron chi connectivity index (χ1n) is 8.87. The Balaban J connectivity index is 1.69. The molecule has 25 heavy (non-hydrogen) atoms. The summed E-state index contributed by atoms with van der Waals surface area (Å²) >= 11 is 0. The summed E-state index contributed by atoms with van der Waals surface area (Å²) in [5, 5.41) is 0. The van der Waals surface area contributed by atoms with Gasteiger partial charge in [-0.15, -0.1) is 0 Å². The van der Waals surface area contributed by atoms with E-state index in [1.165, 1.54) is 6.42 Å². The van der Waals surface area contributed by atoms with Crippen molar-refractivity contribution in [3.8, 4) is 0 Å². The predicted molar refractivity (Wildman–Crippen MR) is 103 cm³/mol. The molecular formula is C23H21NO. The summed E-state index contributed by atoms with van der Waals surface area (Å²) in [6.07, 6.45) is 3.27. The molecule has 0 amide bonds. The van der Waals surface area contributed by atoms with E-state index in [0.29, 0.717) is 5.78 Å². The van der Waals surface area contributed by atoms with Crippen LogP contribution >= 0.6 is 0 Å². The highest BCUT2D eigenvalue weighted by atomic mass is 16.1. The average molecular weight is 327 g/mol. The first kappa shape index (κ1) is 15.6. The van der Waals surface area contributed by atoms with Crippen molar-refractivity contribution in [2.24, 2.45) is 5.92 Å². The lowest BCUT2D eigenvalue weighted by Crippen LogP contribution is -2.21. The molecule has 2 heteroatoms. The van der Waals surface area contributed by atoms with Crippen molar-refractivity contribution in [3.05, 3.63) is 90.5 Å². The van der Waals surface area contributed by atoms with Crippen molar-refractivity contribution >= 4 is 22.8 Å². The maximum atomic E-state index is 12.4. The first-order chi connectivity index (χ1) is 12.3. The Morgan fingerprint density at radius 3 is 1.60 bits per heavy atom. The number of anilines is 3. The Bertz CT molecular complexity index is 797. The van der Waals surface area contributed by atoms with Gasteiger partial charge in [-0.05, 0) is 61.4 Å².